The van der Waals surface area contributed by atoms with Gasteiger partial charge in [0, 0.05) is 29.1 Å². The first kappa shape index (κ1) is 27.0. The molecular weight excluding hydrogens is 480 g/mol. The molecule has 1 aromatic heterocycles. The van der Waals surface area contributed by atoms with E-state index in [1.54, 1.807) is 18.3 Å². The van der Waals surface area contributed by atoms with Crippen molar-refractivity contribution in [2.75, 3.05) is 24.5 Å². The molecular formula is C30H34N4O4. The number of benzene rings is 2. The number of aryl methyl sites for hydroxylation is 2. The van der Waals surface area contributed by atoms with Crippen LogP contribution in [-0.2, 0) is 16.0 Å². The number of oxime groups is 1. The lowest BCUT2D eigenvalue weighted by Crippen LogP contribution is -2.43. The van der Waals surface area contributed by atoms with Crippen LogP contribution in [0.1, 0.15) is 41.6 Å². The van der Waals surface area contributed by atoms with Gasteiger partial charge in [0.2, 0.25) is 5.91 Å². The third-order valence-corrected chi connectivity index (χ3v) is 7.12. The van der Waals surface area contributed by atoms with Crippen LogP contribution in [0.4, 0.5) is 5.69 Å². The van der Waals surface area contributed by atoms with E-state index < -0.39 is 5.97 Å². The highest BCUT2D eigenvalue weighted by atomic mass is 16.4. The first-order chi connectivity index (χ1) is 18.4. The van der Waals surface area contributed by atoms with Crippen LogP contribution in [-0.4, -0.2) is 52.5 Å². The largest absolute Gasteiger partial charge is 0.480 e. The Bertz CT molecular complexity index is 1310. The van der Waals surface area contributed by atoms with Gasteiger partial charge in [-0.1, -0.05) is 35.5 Å². The first-order valence-electron chi connectivity index (χ1n) is 12.9. The molecule has 1 aliphatic heterocycles. The van der Waals surface area contributed by atoms with E-state index in [1.165, 1.54) is 4.90 Å². The molecule has 2 heterocycles. The highest BCUT2D eigenvalue weighted by Crippen LogP contribution is 2.28. The molecule has 0 saturated carbocycles. The summed E-state index contributed by atoms with van der Waals surface area (Å²) in [6, 6.07) is 17.4. The number of hydrogen-bond acceptors (Lipinski definition) is 6. The number of carboxylic acid groups (broad SMARTS) is 1. The molecule has 4 rings (SSSR count). The molecule has 0 radical (unpaired) electrons. The molecule has 8 nitrogen and oxygen atoms in total. The summed E-state index contributed by atoms with van der Waals surface area (Å²) >= 11 is 0. The molecule has 38 heavy (non-hydrogen) atoms. The molecule has 3 N–H and O–H groups in total. The minimum Gasteiger partial charge on any atom is -0.480 e. The lowest BCUT2D eigenvalue weighted by molar-refractivity contribution is -0.137. The Morgan fingerprint density at radius 2 is 1.82 bits per heavy atom. The Balaban J connectivity index is 1.48. The fraction of sp³-hybridized carbons (Fsp3) is 0.333. The van der Waals surface area contributed by atoms with Gasteiger partial charge in [0.1, 0.15) is 6.54 Å². The summed E-state index contributed by atoms with van der Waals surface area (Å²) < 4.78 is 0. The van der Waals surface area contributed by atoms with Crippen LogP contribution in [0.25, 0.3) is 11.1 Å². The maximum atomic E-state index is 13.1. The minimum absolute atomic E-state index is 0.143. The number of hydrogen-bond donors (Lipinski definition) is 3. The standard InChI is InChI=1S/C30H34N4O4/c1-20-18-24(14-17-32-20)26-4-3-5-27(21(26)2)28(33-38)11-8-22-6-9-25(10-7-22)34(19-29(35)36)30(37)23-12-15-31-16-13-23/h3-7,9-10,14,17-18,23,31,38H,8,11-13,15-16,19H2,1-2H3,(H,35,36)/b33-28-. The van der Waals surface area contributed by atoms with Crippen LogP contribution in [0.2, 0.25) is 0 Å². The number of carboxylic acids is 1. The molecule has 0 aliphatic carbocycles. The van der Waals surface area contributed by atoms with Crippen LogP contribution in [0.5, 0.6) is 0 Å². The Labute approximate surface area is 223 Å². The SMILES string of the molecule is Cc1cc(-c2cccc(/C(CCc3ccc(N(CC(=O)O)C(=O)C4CCNCC4)cc3)=N\O)c2C)ccn1. The molecule has 0 spiro atoms. The van der Waals surface area contributed by atoms with E-state index in [4.69, 9.17) is 0 Å². The van der Waals surface area contributed by atoms with E-state index >= 15 is 0 Å². The number of carbonyl (C=O) groups excluding carboxylic acids is 1. The summed E-state index contributed by atoms with van der Waals surface area (Å²) in [5.41, 5.74) is 7.15. The highest BCUT2D eigenvalue weighted by Gasteiger charge is 2.28. The molecule has 3 aromatic rings. The normalized spacial score (nSPS) is 14.3. The monoisotopic (exact) mass is 514 g/mol. The quantitative estimate of drug-likeness (QED) is 0.219. The second-order valence-corrected chi connectivity index (χ2v) is 9.72. The van der Waals surface area contributed by atoms with E-state index in [-0.39, 0.29) is 18.4 Å². The van der Waals surface area contributed by atoms with Crippen molar-refractivity contribution in [2.45, 2.75) is 39.5 Å². The third-order valence-electron chi connectivity index (χ3n) is 7.12. The zero-order chi connectivity index (χ0) is 27.1. The predicted molar refractivity (Wildman–Crippen MR) is 148 cm³/mol. The average molecular weight is 515 g/mol. The number of amides is 1. The lowest BCUT2D eigenvalue weighted by Gasteiger charge is -2.28. The summed E-state index contributed by atoms with van der Waals surface area (Å²) in [6.07, 6.45) is 4.34. The second kappa shape index (κ2) is 12.5. The number of piperidine rings is 1. The summed E-state index contributed by atoms with van der Waals surface area (Å²) in [6.45, 7) is 5.14. The van der Waals surface area contributed by atoms with Gasteiger partial charge in [-0.3, -0.25) is 14.6 Å². The lowest BCUT2D eigenvalue weighted by atomic mass is 9.92. The number of aliphatic carboxylic acids is 1. The van der Waals surface area contributed by atoms with Gasteiger partial charge in [0.15, 0.2) is 0 Å². The molecule has 0 bridgehead atoms. The van der Waals surface area contributed by atoms with Gasteiger partial charge in [-0.05, 0) is 99.1 Å². The molecule has 1 saturated heterocycles. The Kier molecular flexibility index (Phi) is 8.86. The van der Waals surface area contributed by atoms with Crippen LogP contribution in [0.3, 0.4) is 0 Å². The zero-order valence-electron chi connectivity index (χ0n) is 21.9. The number of carbonyl (C=O) groups is 2. The maximum Gasteiger partial charge on any atom is 0.323 e. The zero-order valence-corrected chi connectivity index (χ0v) is 21.9. The van der Waals surface area contributed by atoms with Gasteiger partial charge in [-0.15, -0.1) is 0 Å². The summed E-state index contributed by atoms with van der Waals surface area (Å²) in [5, 5.41) is 26.1. The number of rotatable bonds is 9. The summed E-state index contributed by atoms with van der Waals surface area (Å²) in [5.74, 6) is -1.36. The van der Waals surface area contributed by atoms with Gasteiger partial charge in [0.05, 0.1) is 5.71 Å². The second-order valence-electron chi connectivity index (χ2n) is 9.72. The molecule has 198 valence electrons. The Hall–Kier alpha value is -4.04. The van der Waals surface area contributed by atoms with Crippen molar-refractivity contribution in [1.82, 2.24) is 10.3 Å². The van der Waals surface area contributed by atoms with Crippen molar-refractivity contribution in [3.63, 3.8) is 0 Å². The molecule has 1 aliphatic rings. The topological polar surface area (TPSA) is 115 Å². The van der Waals surface area contributed by atoms with Crippen LogP contribution < -0.4 is 10.2 Å². The first-order valence-corrected chi connectivity index (χ1v) is 12.9. The van der Waals surface area contributed by atoms with Crippen LogP contribution >= 0.6 is 0 Å². The molecule has 1 fully saturated rings. The molecule has 8 heteroatoms. The van der Waals surface area contributed by atoms with E-state index in [1.807, 2.05) is 50.2 Å². The Morgan fingerprint density at radius 3 is 2.47 bits per heavy atom. The van der Waals surface area contributed by atoms with Gasteiger partial charge < -0.3 is 20.5 Å². The maximum absolute atomic E-state index is 13.1. The fourth-order valence-corrected chi connectivity index (χ4v) is 5.04. The number of nitrogens with one attached hydrogen (secondary N) is 1. The Morgan fingerprint density at radius 1 is 1.08 bits per heavy atom. The van der Waals surface area contributed by atoms with Crippen molar-refractivity contribution in [3.8, 4) is 11.1 Å². The van der Waals surface area contributed by atoms with Crippen molar-refractivity contribution in [1.29, 1.82) is 0 Å². The highest BCUT2D eigenvalue weighted by molar-refractivity contribution is 6.03. The fourth-order valence-electron chi connectivity index (χ4n) is 5.04. The van der Waals surface area contributed by atoms with Crippen molar-refractivity contribution in [2.24, 2.45) is 11.1 Å². The van der Waals surface area contributed by atoms with E-state index in [0.29, 0.717) is 37.1 Å². The summed E-state index contributed by atoms with van der Waals surface area (Å²) in [4.78, 5) is 30.2. The molecule has 2 aromatic carbocycles. The van der Waals surface area contributed by atoms with E-state index in [2.05, 4.69) is 21.5 Å². The van der Waals surface area contributed by atoms with Gasteiger partial charge >= 0.3 is 5.97 Å². The van der Waals surface area contributed by atoms with Crippen molar-refractivity contribution in [3.05, 3.63) is 83.2 Å². The van der Waals surface area contributed by atoms with E-state index in [9.17, 15) is 19.9 Å². The number of anilines is 1. The van der Waals surface area contributed by atoms with Crippen LogP contribution in [0.15, 0.2) is 65.9 Å². The van der Waals surface area contributed by atoms with E-state index in [0.717, 1.165) is 46.6 Å². The number of aromatic nitrogens is 1. The average Bonchev–Trinajstić information content (AvgIpc) is 2.93. The molecule has 1 amide bonds. The van der Waals surface area contributed by atoms with Gasteiger partial charge in [0.25, 0.3) is 0 Å². The van der Waals surface area contributed by atoms with Gasteiger partial charge in [-0.25, -0.2) is 0 Å². The number of nitrogens with zero attached hydrogens (tertiary/aromatic N) is 3. The number of pyridine rings is 1. The van der Waals surface area contributed by atoms with Crippen LogP contribution in [0, 0.1) is 19.8 Å². The molecule has 0 unspecified atom stereocenters. The minimum atomic E-state index is -1.04. The molecule has 0 atom stereocenters. The van der Waals surface area contributed by atoms with Gasteiger partial charge in [-0.2, -0.15) is 0 Å². The third kappa shape index (κ3) is 6.44. The van der Waals surface area contributed by atoms with Crippen molar-refractivity contribution >= 4 is 23.3 Å². The smallest absolute Gasteiger partial charge is 0.323 e. The summed E-state index contributed by atoms with van der Waals surface area (Å²) in [7, 11) is 0. The van der Waals surface area contributed by atoms with Crippen molar-refractivity contribution < 1.29 is 19.9 Å². The predicted octanol–water partition coefficient (Wildman–Crippen LogP) is 4.59.